The molecule has 4 aromatic rings. The summed E-state index contributed by atoms with van der Waals surface area (Å²) in [4.78, 5) is 21.7. The van der Waals surface area contributed by atoms with E-state index in [-0.39, 0.29) is 5.97 Å². The molecule has 0 amide bonds. The van der Waals surface area contributed by atoms with E-state index in [0.29, 0.717) is 30.5 Å². The Morgan fingerprint density at radius 2 is 1.71 bits per heavy atom. The number of oxazole rings is 1. The number of hydroxylamine groups is 1. The van der Waals surface area contributed by atoms with E-state index >= 15 is 0 Å². The molecule has 7 nitrogen and oxygen atoms in total. The van der Waals surface area contributed by atoms with Gasteiger partial charge in [0, 0.05) is 17.0 Å². The molecule has 0 aliphatic rings. The largest absolute Gasteiger partial charge is 0.487 e. The number of unbranched alkanes of at least 4 members (excludes halogenated alkanes) is 3. The summed E-state index contributed by atoms with van der Waals surface area (Å²) in [6, 6.07) is 25.2. The van der Waals surface area contributed by atoms with Gasteiger partial charge in [-0.05, 0) is 73.7 Å². The smallest absolute Gasteiger partial charge is 0.305 e. The summed E-state index contributed by atoms with van der Waals surface area (Å²) < 4.78 is 16.5. The molecular weight excluding hydrogens is 540 g/mol. The average Bonchev–Trinajstić information content (AvgIpc) is 3.38. The zero-order chi connectivity index (χ0) is 28.9. The molecule has 0 spiro atoms. The lowest BCUT2D eigenvalue weighted by atomic mass is 10.1. The number of carbonyl (C=O) groups excluding carboxylic acids is 1. The molecule has 41 heavy (non-hydrogen) atoms. The molecular formula is C33H35ClN2O5. The second-order valence-corrected chi connectivity index (χ2v) is 9.95. The maximum Gasteiger partial charge on any atom is 0.305 e. The number of ether oxygens (including phenoxy) is 2. The number of hydrogen-bond acceptors (Lipinski definition) is 7. The summed E-state index contributed by atoms with van der Waals surface area (Å²) in [5.41, 5.74) is 7.64. The van der Waals surface area contributed by atoms with Crippen molar-refractivity contribution >= 4 is 23.3 Å². The number of benzene rings is 3. The zero-order valence-corrected chi connectivity index (χ0v) is 24.2. The second-order valence-electron chi connectivity index (χ2n) is 9.51. The van der Waals surface area contributed by atoms with E-state index < -0.39 is 0 Å². The molecule has 4 rings (SSSR count). The van der Waals surface area contributed by atoms with Crippen molar-refractivity contribution in [3.8, 4) is 17.2 Å². The van der Waals surface area contributed by atoms with E-state index in [0.717, 1.165) is 65.3 Å². The van der Waals surface area contributed by atoms with E-state index in [4.69, 9.17) is 30.3 Å². The number of carbonyl (C=O) groups is 1. The van der Waals surface area contributed by atoms with Crippen LogP contribution in [0.2, 0.25) is 5.02 Å². The van der Waals surface area contributed by atoms with Gasteiger partial charge < -0.3 is 13.9 Å². The molecule has 0 saturated carbocycles. The van der Waals surface area contributed by atoms with Crippen LogP contribution >= 0.6 is 11.6 Å². The fourth-order valence-electron chi connectivity index (χ4n) is 4.08. The van der Waals surface area contributed by atoms with Gasteiger partial charge in [-0.25, -0.2) is 4.98 Å². The molecule has 1 heterocycles. The predicted octanol–water partition coefficient (Wildman–Crippen LogP) is 8.07. The molecule has 0 atom stereocenters. The normalized spacial score (nSPS) is 11.3. The zero-order valence-electron chi connectivity index (χ0n) is 23.4. The third-order valence-electron chi connectivity index (χ3n) is 6.45. The van der Waals surface area contributed by atoms with Crippen molar-refractivity contribution in [2.45, 2.75) is 52.2 Å². The quantitative estimate of drug-likeness (QED) is 0.0873. The van der Waals surface area contributed by atoms with Crippen molar-refractivity contribution in [2.24, 2.45) is 0 Å². The predicted molar refractivity (Wildman–Crippen MR) is 160 cm³/mol. The fourth-order valence-corrected chi connectivity index (χ4v) is 4.21. The molecule has 0 fully saturated rings. The van der Waals surface area contributed by atoms with Gasteiger partial charge in [-0.2, -0.15) is 0 Å². The molecule has 1 N–H and O–H groups in total. The lowest BCUT2D eigenvalue weighted by Crippen LogP contribution is -2.13. The lowest BCUT2D eigenvalue weighted by molar-refractivity contribution is -0.140. The molecule has 0 bridgehead atoms. The van der Waals surface area contributed by atoms with Gasteiger partial charge in [0.1, 0.15) is 23.8 Å². The maximum absolute atomic E-state index is 11.3. The number of hydrogen-bond donors (Lipinski definition) is 1. The highest BCUT2D eigenvalue weighted by Gasteiger charge is 2.12. The van der Waals surface area contributed by atoms with Crippen LogP contribution in [0.4, 0.5) is 0 Å². The Balaban J connectivity index is 1.26. The van der Waals surface area contributed by atoms with Gasteiger partial charge >= 0.3 is 5.97 Å². The number of halogens is 1. The number of rotatable bonds is 15. The third kappa shape index (κ3) is 9.52. The van der Waals surface area contributed by atoms with Crippen molar-refractivity contribution in [3.63, 3.8) is 0 Å². The Hall–Kier alpha value is -4.07. The van der Waals surface area contributed by atoms with Crippen molar-refractivity contribution in [1.29, 1.82) is 0 Å². The van der Waals surface area contributed by atoms with E-state index in [9.17, 15) is 4.79 Å². The molecule has 0 aliphatic carbocycles. The van der Waals surface area contributed by atoms with Crippen molar-refractivity contribution in [3.05, 3.63) is 113 Å². The molecule has 8 heteroatoms. The van der Waals surface area contributed by atoms with E-state index in [1.807, 2.05) is 85.8 Å². The Morgan fingerprint density at radius 3 is 2.44 bits per heavy atom. The number of allylic oxidation sites excluding steroid dienone is 1. The van der Waals surface area contributed by atoms with Gasteiger partial charge in [-0.1, -0.05) is 66.6 Å². The van der Waals surface area contributed by atoms with Crippen LogP contribution in [-0.4, -0.2) is 18.1 Å². The Morgan fingerprint density at radius 1 is 0.951 bits per heavy atom. The van der Waals surface area contributed by atoms with Crippen molar-refractivity contribution < 1.29 is 23.5 Å². The number of aryl methyl sites for hydroxylation is 1. The highest BCUT2D eigenvalue weighted by Crippen LogP contribution is 2.23. The molecule has 0 unspecified atom stereocenters. The number of nitrogens with zero attached hydrogens (tertiary/aromatic N) is 1. The minimum absolute atomic E-state index is 0.167. The molecule has 0 aliphatic heterocycles. The van der Waals surface area contributed by atoms with Gasteiger partial charge in [-0.3, -0.25) is 15.1 Å². The summed E-state index contributed by atoms with van der Waals surface area (Å²) in [7, 11) is 1.42. The van der Waals surface area contributed by atoms with Gasteiger partial charge in [0.2, 0.25) is 5.89 Å². The minimum Gasteiger partial charge on any atom is -0.487 e. The number of esters is 1. The first-order valence-electron chi connectivity index (χ1n) is 13.7. The van der Waals surface area contributed by atoms with Crippen LogP contribution in [0.5, 0.6) is 5.75 Å². The van der Waals surface area contributed by atoms with Crippen LogP contribution in [-0.2, 0) is 27.6 Å². The van der Waals surface area contributed by atoms with Crippen LogP contribution in [0.15, 0.2) is 89.4 Å². The molecule has 214 valence electrons. The highest BCUT2D eigenvalue weighted by molar-refractivity contribution is 6.30. The number of aromatic nitrogens is 1. The first-order chi connectivity index (χ1) is 20.0. The monoisotopic (exact) mass is 574 g/mol. The Labute approximate surface area is 246 Å². The van der Waals surface area contributed by atoms with Crippen LogP contribution < -0.4 is 10.2 Å². The maximum atomic E-state index is 11.3. The van der Waals surface area contributed by atoms with Crippen molar-refractivity contribution in [1.82, 2.24) is 10.5 Å². The standard InChI is InChI=1S/C33H35ClN2O5/c1-24-31(35-33(41-24)27-10-6-5-7-11-27)23-39-29-20-14-25(15-21-29)22-40-36-30(26-16-18-28(34)19-17-26)12-8-3-4-9-13-32(37)38-2/h5-7,10-12,14-21,36H,3-4,8-9,13,22-23H2,1-2H3. The second kappa shape index (κ2) is 15.6. The summed E-state index contributed by atoms with van der Waals surface area (Å²) in [6.07, 6.45) is 6.11. The van der Waals surface area contributed by atoms with Crippen molar-refractivity contribution in [2.75, 3.05) is 7.11 Å². The number of nitrogens with one attached hydrogen (secondary N) is 1. The van der Waals surface area contributed by atoms with E-state index in [1.54, 1.807) is 0 Å². The summed E-state index contributed by atoms with van der Waals surface area (Å²) >= 11 is 6.08. The topological polar surface area (TPSA) is 82.8 Å². The summed E-state index contributed by atoms with van der Waals surface area (Å²) in [6.45, 7) is 2.58. The highest BCUT2D eigenvalue weighted by atomic mass is 35.5. The van der Waals surface area contributed by atoms with Crippen LogP contribution in [0.1, 0.15) is 54.7 Å². The number of methoxy groups -OCH3 is 1. The first kappa shape index (κ1) is 29.9. The molecule has 0 saturated heterocycles. The average molecular weight is 575 g/mol. The van der Waals surface area contributed by atoms with E-state index in [1.165, 1.54) is 7.11 Å². The molecule has 3 aromatic carbocycles. The van der Waals surface area contributed by atoms with Gasteiger partial charge in [-0.15, -0.1) is 0 Å². The lowest BCUT2D eigenvalue weighted by Gasteiger charge is -2.13. The minimum atomic E-state index is -0.167. The van der Waals surface area contributed by atoms with Crippen LogP contribution in [0.25, 0.3) is 17.2 Å². The van der Waals surface area contributed by atoms with Crippen LogP contribution in [0.3, 0.4) is 0 Å². The van der Waals surface area contributed by atoms with Crippen LogP contribution in [0, 0.1) is 6.92 Å². The molecule has 0 radical (unpaired) electrons. The van der Waals surface area contributed by atoms with Gasteiger partial charge in [0.25, 0.3) is 0 Å². The summed E-state index contributed by atoms with van der Waals surface area (Å²) in [5.74, 6) is 1.90. The Kier molecular flexibility index (Phi) is 11.4. The third-order valence-corrected chi connectivity index (χ3v) is 6.70. The Bertz CT molecular complexity index is 1400. The molecule has 1 aromatic heterocycles. The van der Waals surface area contributed by atoms with Gasteiger partial charge in [0.15, 0.2) is 0 Å². The van der Waals surface area contributed by atoms with E-state index in [2.05, 4.69) is 16.5 Å². The fraction of sp³-hybridized carbons (Fsp3) is 0.273. The summed E-state index contributed by atoms with van der Waals surface area (Å²) in [5, 5.41) is 0.675. The first-order valence-corrected chi connectivity index (χ1v) is 14.0. The SMILES string of the molecule is COC(=O)CCCCCC=C(NOCc1ccc(OCc2nc(-c3ccccc3)oc2C)cc1)c1ccc(Cl)cc1. The van der Waals surface area contributed by atoms with Gasteiger partial charge in [0.05, 0.1) is 19.4 Å².